The van der Waals surface area contributed by atoms with E-state index in [1.54, 1.807) is 31.4 Å². The van der Waals surface area contributed by atoms with Crippen molar-refractivity contribution in [3.63, 3.8) is 0 Å². The molecule has 0 unspecified atom stereocenters. The van der Waals surface area contributed by atoms with E-state index >= 15 is 0 Å². The molecule has 0 aliphatic heterocycles. The van der Waals surface area contributed by atoms with E-state index in [4.69, 9.17) is 32.7 Å². The number of nitrogens with one attached hydrogen (secondary N) is 1. The summed E-state index contributed by atoms with van der Waals surface area (Å²) >= 11 is 13.5. The van der Waals surface area contributed by atoms with E-state index in [0.29, 0.717) is 32.5 Å². The first-order valence-electron chi connectivity index (χ1n) is 10.5. The van der Waals surface area contributed by atoms with Gasteiger partial charge in [-0.3, -0.25) is 9.36 Å². The molecule has 0 aliphatic carbocycles. The Balaban J connectivity index is 1.60. The third-order valence-electron chi connectivity index (χ3n) is 5.15. The summed E-state index contributed by atoms with van der Waals surface area (Å²) in [6.45, 7) is 1.86. The lowest BCUT2D eigenvalue weighted by Crippen LogP contribution is -2.15. The Morgan fingerprint density at radius 2 is 1.71 bits per heavy atom. The van der Waals surface area contributed by atoms with Gasteiger partial charge < -0.3 is 14.8 Å². The average Bonchev–Trinajstić information content (AvgIpc) is 3.29. The Morgan fingerprint density at radius 1 is 1.00 bits per heavy atom. The van der Waals surface area contributed by atoms with Gasteiger partial charge in [0.1, 0.15) is 11.5 Å². The third kappa shape index (κ3) is 5.73. The standard InChI is InChI=1S/C25H22Cl2N4O3S/c1-15-12-21(22(34-3)13-20(15)27)28-23(32)14-35-25-30-29-24(16-4-10-19(33-2)11-5-16)31(25)18-8-6-17(26)7-9-18/h4-13H,14H2,1-3H3,(H,28,32). The SMILES string of the molecule is COc1ccc(-c2nnc(SCC(=O)Nc3cc(C)c(Cl)cc3OC)n2-c2ccc(Cl)cc2)cc1. The number of benzene rings is 3. The smallest absolute Gasteiger partial charge is 0.234 e. The summed E-state index contributed by atoms with van der Waals surface area (Å²) in [4.78, 5) is 12.8. The number of methoxy groups -OCH3 is 2. The Labute approximate surface area is 217 Å². The number of carbonyl (C=O) groups is 1. The van der Waals surface area contributed by atoms with Gasteiger partial charge in [0.2, 0.25) is 5.91 Å². The highest BCUT2D eigenvalue weighted by molar-refractivity contribution is 7.99. The maximum Gasteiger partial charge on any atom is 0.234 e. The van der Waals surface area contributed by atoms with E-state index in [2.05, 4.69) is 15.5 Å². The van der Waals surface area contributed by atoms with E-state index in [0.717, 1.165) is 22.6 Å². The van der Waals surface area contributed by atoms with Crippen molar-refractivity contribution in [2.24, 2.45) is 0 Å². The van der Waals surface area contributed by atoms with Crippen LogP contribution in [0.4, 0.5) is 5.69 Å². The lowest BCUT2D eigenvalue weighted by Gasteiger charge is -2.13. The minimum atomic E-state index is -0.216. The number of hydrogen-bond donors (Lipinski definition) is 1. The minimum Gasteiger partial charge on any atom is -0.497 e. The molecule has 0 saturated heterocycles. The van der Waals surface area contributed by atoms with Crippen LogP contribution in [0.5, 0.6) is 11.5 Å². The fraction of sp³-hybridized carbons (Fsp3) is 0.160. The molecule has 4 rings (SSSR count). The number of rotatable bonds is 8. The van der Waals surface area contributed by atoms with E-state index in [9.17, 15) is 4.79 Å². The fourth-order valence-electron chi connectivity index (χ4n) is 3.36. The number of carbonyl (C=O) groups excluding carboxylic acids is 1. The largest absolute Gasteiger partial charge is 0.497 e. The second-order valence-electron chi connectivity index (χ2n) is 7.49. The molecule has 10 heteroatoms. The van der Waals surface area contributed by atoms with E-state index < -0.39 is 0 Å². The Hall–Kier alpha value is -3.20. The first-order valence-corrected chi connectivity index (χ1v) is 12.3. The van der Waals surface area contributed by atoms with E-state index in [1.807, 2.05) is 47.9 Å². The van der Waals surface area contributed by atoms with Crippen LogP contribution in [0, 0.1) is 6.92 Å². The normalized spacial score (nSPS) is 10.8. The molecular formula is C25H22Cl2N4O3S. The molecule has 1 aromatic heterocycles. The number of aryl methyl sites for hydroxylation is 1. The molecule has 1 N–H and O–H groups in total. The highest BCUT2D eigenvalue weighted by Crippen LogP contribution is 2.32. The highest BCUT2D eigenvalue weighted by Gasteiger charge is 2.18. The third-order valence-corrected chi connectivity index (χ3v) is 6.74. The minimum absolute atomic E-state index is 0.110. The second-order valence-corrected chi connectivity index (χ2v) is 9.27. The van der Waals surface area contributed by atoms with Crippen LogP contribution in [0.1, 0.15) is 5.56 Å². The van der Waals surface area contributed by atoms with Crippen LogP contribution in [0.2, 0.25) is 10.0 Å². The van der Waals surface area contributed by atoms with Crippen LogP contribution in [0.25, 0.3) is 17.1 Å². The van der Waals surface area contributed by atoms with Crippen LogP contribution in [-0.2, 0) is 4.79 Å². The molecule has 180 valence electrons. The first kappa shape index (κ1) is 24.9. The Bertz CT molecular complexity index is 1340. The lowest BCUT2D eigenvalue weighted by atomic mass is 10.2. The Kier molecular flexibility index (Phi) is 7.85. The molecule has 35 heavy (non-hydrogen) atoms. The number of anilines is 1. The summed E-state index contributed by atoms with van der Waals surface area (Å²) in [7, 11) is 3.15. The van der Waals surface area contributed by atoms with Crippen LogP contribution < -0.4 is 14.8 Å². The maximum absolute atomic E-state index is 12.8. The van der Waals surface area contributed by atoms with Crippen LogP contribution in [0.15, 0.2) is 65.8 Å². The molecule has 0 fully saturated rings. The molecule has 3 aromatic carbocycles. The van der Waals surface area contributed by atoms with E-state index in [1.165, 1.54) is 18.9 Å². The lowest BCUT2D eigenvalue weighted by molar-refractivity contribution is -0.113. The first-order chi connectivity index (χ1) is 16.9. The second kappa shape index (κ2) is 11.0. The summed E-state index contributed by atoms with van der Waals surface area (Å²) in [5, 5.41) is 13.4. The van der Waals surface area contributed by atoms with Gasteiger partial charge in [0.05, 0.1) is 25.7 Å². The maximum atomic E-state index is 12.8. The Morgan fingerprint density at radius 3 is 2.37 bits per heavy atom. The molecule has 0 atom stereocenters. The van der Waals surface area contributed by atoms with Gasteiger partial charge in [-0.1, -0.05) is 35.0 Å². The van der Waals surface area contributed by atoms with Crippen molar-refractivity contribution < 1.29 is 14.3 Å². The average molecular weight is 529 g/mol. The number of halogens is 2. The fourth-order valence-corrected chi connectivity index (χ4v) is 4.39. The summed E-state index contributed by atoms with van der Waals surface area (Å²) < 4.78 is 12.5. The predicted octanol–water partition coefficient (Wildman–Crippen LogP) is 6.30. The van der Waals surface area contributed by atoms with Crippen molar-refractivity contribution in [2.45, 2.75) is 12.1 Å². The predicted molar refractivity (Wildman–Crippen MR) is 140 cm³/mol. The molecule has 0 saturated carbocycles. The van der Waals surface area contributed by atoms with Gasteiger partial charge in [-0.15, -0.1) is 10.2 Å². The van der Waals surface area contributed by atoms with Gasteiger partial charge in [-0.2, -0.15) is 0 Å². The van der Waals surface area contributed by atoms with Gasteiger partial charge in [0, 0.05) is 27.4 Å². The van der Waals surface area contributed by atoms with Gasteiger partial charge in [-0.05, 0) is 67.1 Å². The molecule has 7 nitrogen and oxygen atoms in total. The van der Waals surface area contributed by atoms with Gasteiger partial charge in [0.25, 0.3) is 0 Å². The molecule has 0 spiro atoms. The highest BCUT2D eigenvalue weighted by atomic mass is 35.5. The van der Waals surface area contributed by atoms with Crippen molar-refractivity contribution in [1.29, 1.82) is 0 Å². The van der Waals surface area contributed by atoms with Crippen molar-refractivity contribution in [3.05, 3.63) is 76.3 Å². The van der Waals surface area contributed by atoms with Crippen molar-refractivity contribution in [3.8, 4) is 28.6 Å². The number of aromatic nitrogens is 3. The van der Waals surface area contributed by atoms with Crippen LogP contribution in [0.3, 0.4) is 0 Å². The van der Waals surface area contributed by atoms with Crippen molar-refractivity contribution >= 4 is 46.6 Å². The summed E-state index contributed by atoms with van der Waals surface area (Å²) in [5.74, 6) is 1.76. The molecule has 0 radical (unpaired) electrons. The van der Waals surface area contributed by atoms with Crippen molar-refractivity contribution in [1.82, 2.24) is 14.8 Å². The summed E-state index contributed by atoms with van der Waals surface area (Å²) in [6, 6.07) is 18.3. The zero-order valence-corrected chi connectivity index (χ0v) is 21.5. The number of thioether (sulfide) groups is 1. The molecular weight excluding hydrogens is 507 g/mol. The zero-order chi connectivity index (χ0) is 24.9. The van der Waals surface area contributed by atoms with Gasteiger partial charge in [0.15, 0.2) is 11.0 Å². The van der Waals surface area contributed by atoms with Gasteiger partial charge in [-0.25, -0.2) is 0 Å². The molecule has 1 amide bonds. The van der Waals surface area contributed by atoms with Crippen molar-refractivity contribution in [2.75, 3.05) is 25.3 Å². The number of amides is 1. The molecule has 4 aromatic rings. The van der Waals surface area contributed by atoms with Crippen LogP contribution >= 0.6 is 35.0 Å². The molecule has 0 bridgehead atoms. The van der Waals surface area contributed by atoms with Crippen LogP contribution in [-0.4, -0.2) is 40.6 Å². The number of ether oxygens (including phenoxy) is 2. The van der Waals surface area contributed by atoms with E-state index in [-0.39, 0.29) is 11.7 Å². The summed E-state index contributed by atoms with van der Waals surface area (Å²) in [5.41, 5.74) is 3.06. The topological polar surface area (TPSA) is 78.3 Å². The van der Waals surface area contributed by atoms with Gasteiger partial charge >= 0.3 is 0 Å². The molecule has 1 heterocycles. The number of nitrogens with zero attached hydrogens (tertiary/aromatic N) is 3. The summed E-state index contributed by atoms with van der Waals surface area (Å²) in [6.07, 6.45) is 0. The zero-order valence-electron chi connectivity index (χ0n) is 19.2. The number of hydrogen-bond acceptors (Lipinski definition) is 6. The quantitative estimate of drug-likeness (QED) is 0.270. The monoisotopic (exact) mass is 528 g/mol. The molecule has 0 aliphatic rings.